The Hall–Kier alpha value is -1.06. The van der Waals surface area contributed by atoms with E-state index in [1.165, 1.54) is 16.1 Å². The molecule has 88 valence electrons. The lowest BCUT2D eigenvalue weighted by molar-refractivity contribution is 0.617. The second kappa shape index (κ2) is 4.31. The van der Waals surface area contributed by atoms with Gasteiger partial charge in [0, 0.05) is 15.8 Å². The number of thiazole rings is 1. The van der Waals surface area contributed by atoms with Crippen molar-refractivity contribution in [3.8, 4) is 0 Å². The lowest BCUT2D eigenvalue weighted by Gasteiger charge is -2.22. The number of hydrogen-bond acceptors (Lipinski definition) is 3. The molecule has 1 aromatic heterocycles. The van der Waals surface area contributed by atoms with Crippen LogP contribution in [0, 0.1) is 0 Å². The van der Waals surface area contributed by atoms with E-state index < -0.39 is 0 Å². The maximum Gasteiger partial charge on any atom is 0.180 e. The van der Waals surface area contributed by atoms with E-state index in [2.05, 4.69) is 11.1 Å². The average molecular weight is 265 g/mol. The van der Waals surface area contributed by atoms with E-state index in [1.807, 2.05) is 18.2 Å². The highest BCUT2D eigenvalue weighted by Crippen LogP contribution is 2.42. The highest BCUT2D eigenvalue weighted by Gasteiger charge is 2.26. The first-order chi connectivity index (χ1) is 8.25. The van der Waals surface area contributed by atoms with Gasteiger partial charge < -0.3 is 5.73 Å². The Labute approximate surface area is 109 Å². The van der Waals surface area contributed by atoms with Crippen LogP contribution in [0.1, 0.15) is 34.9 Å². The fraction of sp³-hybridized carbons (Fsp3) is 0.308. The number of anilines is 1. The molecule has 0 radical (unpaired) electrons. The van der Waals surface area contributed by atoms with Crippen molar-refractivity contribution in [2.75, 3.05) is 5.73 Å². The van der Waals surface area contributed by atoms with Crippen molar-refractivity contribution in [3.63, 3.8) is 0 Å². The number of nitrogen functional groups attached to an aromatic ring is 1. The number of fused-ring (bicyclic) bond motifs is 1. The smallest absolute Gasteiger partial charge is 0.180 e. The molecule has 1 atom stereocenters. The number of halogens is 1. The molecular weight excluding hydrogens is 252 g/mol. The highest BCUT2D eigenvalue weighted by atomic mass is 35.5. The minimum absolute atomic E-state index is 0.377. The Morgan fingerprint density at radius 3 is 3.00 bits per heavy atom. The number of rotatable bonds is 1. The number of aryl methyl sites for hydroxylation is 1. The third-order valence-corrected chi connectivity index (χ3v) is 4.63. The highest BCUT2D eigenvalue weighted by molar-refractivity contribution is 7.15. The van der Waals surface area contributed by atoms with Crippen LogP contribution in [-0.4, -0.2) is 4.98 Å². The first-order valence-corrected chi connectivity index (χ1v) is 6.94. The van der Waals surface area contributed by atoms with Crippen LogP contribution in [0.15, 0.2) is 24.3 Å². The predicted octanol–water partition coefficient (Wildman–Crippen LogP) is 3.85. The number of aromatic nitrogens is 1. The van der Waals surface area contributed by atoms with E-state index in [9.17, 15) is 0 Å². The molecule has 0 spiro atoms. The first kappa shape index (κ1) is 11.1. The molecule has 2 N–H and O–H groups in total. The van der Waals surface area contributed by atoms with Gasteiger partial charge in [-0.2, -0.15) is 0 Å². The molecule has 4 heteroatoms. The summed E-state index contributed by atoms with van der Waals surface area (Å²) in [5.74, 6) is 0.377. The molecule has 0 fully saturated rings. The molecule has 0 amide bonds. The molecule has 1 unspecified atom stereocenters. The normalized spacial score (nSPS) is 19.0. The zero-order valence-corrected chi connectivity index (χ0v) is 10.9. The molecule has 2 aromatic rings. The van der Waals surface area contributed by atoms with Gasteiger partial charge in [0.2, 0.25) is 0 Å². The summed E-state index contributed by atoms with van der Waals surface area (Å²) in [5.41, 5.74) is 8.19. The van der Waals surface area contributed by atoms with E-state index in [0.29, 0.717) is 11.0 Å². The summed E-state index contributed by atoms with van der Waals surface area (Å²) in [5, 5.41) is 1.52. The van der Waals surface area contributed by atoms with Gasteiger partial charge in [0.05, 0.1) is 5.69 Å². The molecule has 17 heavy (non-hydrogen) atoms. The quantitative estimate of drug-likeness (QED) is 0.850. The van der Waals surface area contributed by atoms with Crippen LogP contribution >= 0.6 is 22.9 Å². The number of nitrogens with zero attached hydrogens (tertiary/aromatic N) is 1. The van der Waals surface area contributed by atoms with Gasteiger partial charge in [0.25, 0.3) is 0 Å². The third kappa shape index (κ3) is 1.94. The van der Waals surface area contributed by atoms with E-state index in [0.717, 1.165) is 24.3 Å². The first-order valence-electron chi connectivity index (χ1n) is 5.75. The van der Waals surface area contributed by atoms with Crippen molar-refractivity contribution in [2.45, 2.75) is 25.2 Å². The molecule has 0 saturated carbocycles. The van der Waals surface area contributed by atoms with Crippen LogP contribution in [0.5, 0.6) is 0 Å². The van der Waals surface area contributed by atoms with Gasteiger partial charge in [-0.1, -0.05) is 29.8 Å². The van der Waals surface area contributed by atoms with Gasteiger partial charge in [-0.3, -0.25) is 0 Å². The lowest BCUT2D eigenvalue weighted by Crippen LogP contribution is -2.09. The van der Waals surface area contributed by atoms with Crippen LogP contribution in [0.4, 0.5) is 5.13 Å². The fourth-order valence-electron chi connectivity index (χ4n) is 2.49. The Morgan fingerprint density at radius 2 is 2.18 bits per heavy atom. The number of benzene rings is 1. The summed E-state index contributed by atoms with van der Waals surface area (Å²) in [6.07, 6.45) is 3.34. The van der Waals surface area contributed by atoms with Gasteiger partial charge in [-0.25, -0.2) is 4.98 Å². The molecule has 1 heterocycles. The summed E-state index contributed by atoms with van der Waals surface area (Å²) < 4.78 is 0. The van der Waals surface area contributed by atoms with Gasteiger partial charge >= 0.3 is 0 Å². The minimum Gasteiger partial charge on any atom is -0.375 e. The van der Waals surface area contributed by atoms with Crippen LogP contribution in [0.2, 0.25) is 5.02 Å². The SMILES string of the molecule is Nc1nc2c(s1)C(c1ccccc1Cl)CCC2. The molecule has 0 aliphatic heterocycles. The molecule has 3 rings (SSSR count). The molecule has 1 aromatic carbocycles. The minimum atomic E-state index is 0.377. The number of hydrogen-bond donors (Lipinski definition) is 1. The molecule has 1 aliphatic rings. The Bertz CT molecular complexity index is 550. The molecule has 0 saturated heterocycles. The van der Waals surface area contributed by atoms with Crippen LogP contribution in [-0.2, 0) is 6.42 Å². The van der Waals surface area contributed by atoms with Crippen molar-refractivity contribution in [2.24, 2.45) is 0 Å². The lowest BCUT2D eigenvalue weighted by atomic mass is 9.86. The van der Waals surface area contributed by atoms with E-state index in [1.54, 1.807) is 11.3 Å². The summed E-state index contributed by atoms with van der Waals surface area (Å²) in [7, 11) is 0. The average Bonchev–Trinajstić information content (AvgIpc) is 2.70. The van der Waals surface area contributed by atoms with E-state index in [4.69, 9.17) is 17.3 Å². The maximum atomic E-state index is 6.28. The maximum absolute atomic E-state index is 6.28. The molecule has 0 bridgehead atoms. The largest absolute Gasteiger partial charge is 0.375 e. The van der Waals surface area contributed by atoms with Gasteiger partial charge in [-0.15, -0.1) is 11.3 Å². The van der Waals surface area contributed by atoms with E-state index >= 15 is 0 Å². The zero-order chi connectivity index (χ0) is 11.8. The molecule has 2 nitrogen and oxygen atoms in total. The summed E-state index contributed by atoms with van der Waals surface area (Å²) in [6, 6.07) is 8.07. The third-order valence-electron chi connectivity index (χ3n) is 3.25. The Balaban J connectivity index is 2.09. The van der Waals surface area contributed by atoms with E-state index in [-0.39, 0.29) is 0 Å². The summed E-state index contributed by atoms with van der Waals surface area (Å²) >= 11 is 7.89. The number of nitrogens with two attached hydrogens (primary N) is 1. The van der Waals surface area contributed by atoms with Gasteiger partial charge in [0.1, 0.15) is 0 Å². The standard InChI is InChI=1S/C13H13ClN2S/c14-10-6-2-1-4-8(10)9-5-3-7-11-12(9)17-13(15)16-11/h1-2,4,6,9H,3,5,7H2,(H2,15,16). The zero-order valence-electron chi connectivity index (χ0n) is 9.32. The Kier molecular flexibility index (Phi) is 2.81. The summed E-state index contributed by atoms with van der Waals surface area (Å²) in [4.78, 5) is 5.72. The monoisotopic (exact) mass is 264 g/mol. The molecular formula is C13H13ClN2S. The van der Waals surface area contributed by atoms with Crippen LogP contribution < -0.4 is 5.73 Å². The van der Waals surface area contributed by atoms with Crippen molar-refractivity contribution < 1.29 is 0 Å². The van der Waals surface area contributed by atoms with Crippen LogP contribution in [0.25, 0.3) is 0 Å². The summed E-state index contributed by atoms with van der Waals surface area (Å²) in [6.45, 7) is 0. The topological polar surface area (TPSA) is 38.9 Å². The predicted molar refractivity (Wildman–Crippen MR) is 72.8 cm³/mol. The van der Waals surface area contributed by atoms with Crippen molar-refractivity contribution in [3.05, 3.63) is 45.4 Å². The fourth-order valence-corrected chi connectivity index (χ4v) is 3.79. The van der Waals surface area contributed by atoms with Gasteiger partial charge in [-0.05, 0) is 30.9 Å². The molecule has 1 aliphatic carbocycles. The van der Waals surface area contributed by atoms with Crippen LogP contribution in [0.3, 0.4) is 0 Å². The second-order valence-electron chi connectivity index (χ2n) is 4.33. The van der Waals surface area contributed by atoms with Crippen molar-refractivity contribution >= 4 is 28.1 Å². The van der Waals surface area contributed by atoms with Gasteiger partial charge in [0.15, 0.2) is 5.13 Å². The van der Waals surface area contributed by atoms with Crippen molar-refractivity contribution in [1.29, 1.82) is 0 Å². The Morgan fingerprint density at radius 1 is 1.35 bits per heavy atom. The van der Waals surface area contributed by atoms with Crippen molar-refractivity contribution in [1.82, 2.24) is 4.98 Å². The second-order valence-corrected chi connectivity index (χ2v) is 5.80.